The van der Waals surface area contributed by atoms with Gasteiger partial charge in [0.05, 0.1) is 23.0 Å². The van der Waals surface area contributed by atoms with Gasteiger partial charge < -0.3 is 15.5 Å². The number of hydrogen-bond acceptors (Lipinski definition) is 7. The SMILES string of the molecule is C[C@H]1CN(c2cc(C#N)cc(-c3ncnc4c3CCC(=O)N4)n2)CCN1. The van der Waals surface area contributed by atoms with Crippen molar-refractivity contribution in [1.29, 1.82) is 5.26 Å². The molecule has 0 aromatic carbocycles. The molecule has 4 heterocycles. The van der Waals surface area contributed by atoms with Crippen molar-refractivity contribution in [3.8, 4) is 17.5 Å². The number of carbonyl (C=O) groups excluding carboxylic acids is 1. The van der Waals surface area contributed by atoms with E-state index in [4.69, 9.17) is 4.98 Å². The van der Waals surface area contributed by atoms with Gasteiger partial charge in [-0.15, -0.1) is 0 Å². The van der Waals surface area contributed by atoms with Gasteiger partial charge in [0.15, 0.2) is 0 Å². The number of anilines is 2. The van der Waals surface area contributed by atoms with Gasteiger partial charge in [0.2, 0.25) is 5.91 Å². The summed E-state index contributed by atoms with van der Waals surface area (Å²) in [6.07, 6.45) is 2.39. The first-order valence-corrected chi connectivity index (χ1v) is 8.68. The maximum absolute atomic E-state index is 11.6. The fraction of sp³-hybridized carbons (Fsp3) is 0.389. The Hall–Kier alpha value is -3.05. The van der Waals surface area contributed by atoms with Gasteiger partial charge in [-0.3, -0.25) is 4.79 Å². The summed E-state index contributed by atoms with van der Waals surface area (Å²) in [5.41, 5.74) is 2.73. The van der Waals surface area contributed by atoms with Crippen LogP contribution in [0.5, 0.6) is 0 Å². The maximum Gasteiger partial charge on any atom is 0.225 e. The lowest BCUT2D eigenvalue weighted by molar-refractivity contribution is -0.116. The third-order valence-corrected chi connectivity index (χ3v) is 4.68. The number of nitriles is 1. The van der Waals surface area contributed by atoms with Crippen molar-refractivity contribution in [1.82, 2.24) is 20.3 Å². The van der Waals surface area contributed by atoms with Gasteiger partial charge in [-0.1, -0.05) is 0 Å². The predicted octanol–water partition coefficient (Wildman–Crippen LogP) is 1.09. The summed E-state index contributed by atoms with van der Waals surface area (Å²) in [6, 6.07) is 6.14. The van der Waals surface area contributed by atoms with E-state index >= 15 is 0 Å². The fourth-order valence-corrected chi connectivity index (χ4v) is 3.41. The Morgan fingerprint density at radius 1 is 1.31 bits per heavy atom. The van der Waals surface area contributed by atoms with Crippen molar-refractivity contribution in [2.45, 2.75) is 25.8 Å². The molecule has 4 rings (SSSR count). The van der Waals surface area contributed by atoms with Crippen molar-refractivity contribution in [3.63, 3.8) is 0 Å². The molecule has 2 aromatic rings. The maximum atomic E-state index is 11.6. The van der Waals surface area contributed by atoms with Gasteiger partial charge >= 0.3 is 0 Å². The summed E-state index contributed by atoms with van der Waals surface area (Å²) in [5, 5.41) is 15.6. The Morgan fingerprint density at radius 3 is 3.00 bits per heavy atom. The second-order valence-electron chi connectivity index (χ2n) is 6.61. The van der Waals surface area contributed by atoms with Crippen LogP contribution in [-0.2, 0) is 11.2 Å². The number of amides is 1. The molecule has 2 N–H and O–H groups in total. The van der Waals surface area contributed by atoms with Crippen LogP contribution in [0.25, 0.3) is 11.4 Å². The molecular weight excluding hydrogens is 330 g/mol. The topological polar surface area (TPSA) is 107 Å². The molecule has 2 aromatic heterocycles. The number of rotatable bonds is 2. The van der Waals surface area contributed by atoms with E-state index in [1.165, 1.54) is 6.33 Å². The molecule has 0 aliphatic carbocycles. The first-order valence-electron chi connectivity index (χ1n) is 8.68. The summed E-state index contributed by atoms with van der Waals surface area (Å²) < 4.78 is 0. The summed E-state index contributed by atoms with van der Waals surface area (Å²) >= 11 is 0. The van der Waals surface area contributed by atoms with E-state index in [2.05, 4.69) is 38.5 Å². The number of hydrogen-bond donors (Lipinski definition) is 2. The lowest BCUT2D eigenvalue weighted by atomic mass is 10.0. The highest BCUT2D eigenvalue weighted by molar-refractivity contribution is 5.94. The second kappa shape index (κ2) is 6.69. The quantitative estimate of drug-likeness (QED) is 0.836. The average Bonchev–Trinajstić information content (AvgIpc) is 2.67. The Bertz CT molecular complexity index is 905. The standard InChI is InChI=1S/C18H19N7O/c1-11-9-25(5-4-20-11)15-7-12(8-19)6-14(23-15)17-13-2-3-16(26)24-18(13)22-10-21-17/h6-7,10-11,20H,2-5,9H2,1H3,(H,21,22,24,26)/t11-/m0/s1. The molecule has 2 aliphatic heterocycles. The van der Waals surface area contributed by atoms with Crippen LogP contribution in [0, 0.1) is 11.3 Å². The normalized spacial score (nSPS) is 19.5. The van der Waals surface area contributed by atoms with Crippen molar-refractivity contribution in [2.24, 2.45) is 0 Å². The van der Waals surface area contributed by atoms with Gasteiger partial charge in [-0.2, -0.15) is 5.26 Å². The summed E-state index contributed by atoms with van der Waals surface area (Å²) in [4.78, 5) is 27.1. The molecule has 0 bridgehead atoms. The van der Waals surface area contributed by atoms with Crippen LogP contribution in [0.15, 0.2) is 18.5 Å². The predicted molar refractivity (Wildman–Crippen MR) is 96.6 cm³/mol. The highest BCUT2D eigenvalue weighted by atomic mass is 16.1. The van der Waals surface area contributed by atoms with Crippen LogP contribution in [0.1, 0.15) is 24.5 Å². The van der Waals surface area contributed by atoms with E-state index in [0.717, 1.165) is 31.0 Å². The average molecular weight is 349 g/mol. The summed E-state index contributed by atoms with van der Waals surface area (Å²) in [6.45, 7) is 4.68. The van der Waals surface area contributed by atoms with Gasteiger partial charge in [-0.25, -0.2) is 15.0 Å². The lowest BCUT2D eigenvalue weighted by Crippen LogP contribution is -2.49. The molecule has 0 radical (unpaired) electrons. The molecule has 0 unspecified atom stereocenters. The Labute approximate surface area is 151 Å². The molecule has 8 nitrogen and oxygen atoms in total. The minimum atomic E-state index is -0.0450. The Kier molecular flexibility index (Phi) is 4.22. The van der Waals surface area contributed by atoms with Crippen LogP contribution < -0.4 is 15.5 Å². The monoisotopic (exact) mass is 349 g/mol. The van der Waals surface area contributed by atoms with Crippen LogP contribution >= 0.6 is 0 Å². The van der Waals surface area contributed by atoms with Crippen molar-refractivity contribution in [3.05, 3.63) is 29.6 Å². The number of carbonyl (C=O) groups is 1. The number of pyridine rings is 1. The molecule has 0 spiro atoms. The van der Waals surface area contributed by atoms with Crippen molar-refractivity contribution in [2.75, 3.05) is 29.9 Å². The van der Waals surface area contributed by atoms with Crippen molar-refractivity contribution < 1.29 is 4.79 Å². The van der Waals surface area contributed by atoms with E-state index in [0.29, 0.717) is 41.7 Å². The first-order chi connectivity index (χ1) is 12.6. The minimum absolute atomic E-state index is 0.0450. The highest BCUT2D eigenvalue weighted by Gasteiger charge is 2.23. The van der Waals surface area contributed by atoms with Crippen LogP contribution in [-0.4, -0.2) is 46.5 Å². The van der Waals surface area contributed by atoms with E-state index in [-0.39, 0.29) is 5.91 Å². The smallest absolute Gasteiger partial charge is 0.225 e. The molecule has 2 aliphatic rings. The third-order valence-electron chi connectivity index (χ3n) is 4.68. The molecular formula is C18H19N7O. The Morgan fingerprint density at radius 2 is 2.19 bits per heavy atom. The largest absolute Gasteiger partial charge is 0.354 e. The molecule has 132 valence electrons. The molecule has 1 amide bonds. The minimum Gasteiger partial charge on any atom is -0.354 e. The zero-order valence-corrected chi connectivity index (χ0v) is 14.5. The molecule has 1 saturated heterocycles. The molecule has 26 heavy (non-hydrogen) atoms. The van der Waals surface area contributed by atoms with Crippen molar-refractivity contribution >= 4 is 17.5 Å². The third kappa shape index (κ3) is 3.09. The second-order valence-corrected chi connectivity index (χ2v) is 6.61. The molecule has 1 atom stereocenters. The fourth-order valence-electron chi connectivity index (χ4n) is 3.41. The van der Waals surface area contributed by atoms with Gasteiger partial charge in [-0.05, 0) is 25.5 Å². The zero-order valence-electron chi connectivity index (χ0n) is 14.5. The lowest BCUT2D eigenvalue weighted by Gasteiger charge is -2.33. The summed E-state index contributed by atoms with van der Waals surface area (Å²) in [5.74, 6) is 1.27. The molecule has 1 fully saturated rings. The Balaban J connectivity index is 1.78. The highest BCUT2D eigenvalue weighted by Crippen LogP contribution is 2.30. The summed E-state index contributed by atoms with van der Waals surface area (Å²) in [7, 11) is 0. The number of fused-ring (bicyclic) bond motifs is 1. The van der Waals surface area contributed by atoms with Crippen LogP contribution in [0.2, 0.25) is 0 Å². The van der Waals surface area contributed by atoms with E-state index in [1.54, 1.807) is 6.07 Å². The van der Waals surface area contributed by atoms with Gasteiger partial charge in [0.25, 0.3) is 0 Å². The number of nitrogens with one attached hydrogen (secondary N) is 2. The van der Waals surface area contributed by atoms with E-state index < -0.39 is 0 Å². The van der Waals surface area contributed by atoms with Crippen LogP contribution in [0.4, 0.5) is 11.6 Å². The zero-order chi connectivity index (χ0) is 18.1. The number of aromatic nitrogens is 3. The molecule has 8 heteroatoms. The van der Waals surface area contributed by atoms with E-state index in [1.807, 2.05) is 6.07 Å². The number of piperazine rings is 1. The van der Waals surface area contributed by atoms with Gasteiger partial charge in [0.1, 0.15) is 18.0 Å². The number of nitrogens with zero attached hydrogens (tertiary/aromatic N) is 5. The van der Waals surface area contributed by atoms with Gasteiger partial charge in [0, 0.05) is 37.7 Å². The molecule has 0 saturated carbocycles. The first kappa shape index (κ1) is 16.4. The van der Waals surface area contributed by atoms with Crippen LogP contribution in [0.3, 0.4) is 0 Å². The van der Waals surface area contributed by atoms with E-state index in [9.17, 15) is 10.1 Å².